The van der Waals surface area contributed by atoms with Crippen molar-refractivity contribution in [2.24, 2.45) is 0 Å². The summed E-state index contributed by atoms with van der Waals surface area (Å²) in [4.78, 5) is 16.6. The van der Waals surface area contributed by atoms with Gasteiger partial charge in [0, 0.05) is 36.3 Å². The van der Waals surface area contributed by atoms with Crippen LogP contribution in [0.1, 0.15) is 5.56 Å². The molecule has 0 saturated carbocycles. The van der Waals surface area contributed by atoms with Crippen molar-refractivity contribution in [1.82, 2.24) is 4.90 Å². The first-order valence-electron chi connectivity index (χ1n) is 8.21. The van der Waals surface area contributed by atoms with E-state index in [4.69, 9.17) is 4.74 Å². The van der Waals surface area contributed by atoms with Crippen LogP contribution in [0.5, 0.6) is 5.75 Å². The first-order valence-corrected chi connectivity index (χ1v) is 9.79. The van der Waals surface area contributed by atoms with Gasteiger partial charge in [-0.15, -0.1) is 0 Å². The lowest BCUT2D eigenvalue weighted by Crippen LogP contribution is -2.50. The zero-order chi connectivity index (χ0) is 17.8. The number of carbonyl (C=O) groups is 1. The highest BCUT2D eigenvalue weighted by Crippen LogP contribution is 2.32. The quantitative estimate of drug-likeness (QED) is 0.673. The summed E-state index contributed by atoms with van der Waals surface area (Å²) in [5.74, 6) is 0.751. The molecule has 2 aromatic carbocycles. The van der Waals surface area contributed by atoms with E-state index in [9.17, 15) is 4.79 Å². The number of ether oxygens (including phenoxy) is 1. The molecular formula is C19H20Br2N2O2. The van der Waals surface area contributed by atoms with Gasteiger partial charge in [0.2, 0.25) is 0 Å². The van der Waals surface area contributed by atoms with Gasteiger partial charge in [0.05, 0.1) is 4.47 Å². The van der Waals surface area contributed by atoms with Crippen molar-refractivity contribution < 1.29 is 9.53 Å². The highest BCUT2D eigenvalue weighted by atomic mass is 79.9. The fourth-order valence-corrected chi connectivity index (χ4v) is 4.50. The molecule has 0 aromatic heterocycles. The number of nitrogens with zero attached hydrogens (tertiary/aromatic N) is 2. The number of anilines is 1. The van der Waals surface area contributed by atoms with Crippen molar-refractivity contribution in [3.05, 3.63) is 57.0 Å². The van der Waals surface area contributed by atoms with Crippen molar-refractivity contribution in [3.8, 4) is 5.75 Å². The summed E-state index contributed by atoms with van der Waals surface area (Å²) < 4.78 is 7.60. The zero-order valence-corrected chi connectivity index (χ0v) is 17.2. The van der Waals surface area contributed by atoms with E-state index in [0.29, 0.717) is 0 Å². The summed E-state index contributed by atoms with van der Waals surface area (Å²) in [6.07, 6.45) is 0. The number of rotatable bonds is 4. The van der Waals surface area contributed by atoms with E-state index in [1.807, 2.05) is 42.2 Å². The van der Waals surface area contributed by atoms with Gasteiger partial charge in [-0.3, -0.25) is 4.79 Å². The molecule has 0 bridgehead atoms. The molecule has 0 radical (unpaired) electrons. The number of benzene rings is 2. The van der Waals surface area contributed by atoms with Crippen LogP contribution in [0.25, 0.3) is 0 Å². The molecule has 25 heavy (non-hydrogen) atoms. The summed E-state index contributed by atoms with van der Waals surface area (Å²) in [6, 6.07) is 14.2. The van der Waals surface area contributed by atoms with Crippen LogP contribution in [0, 0.1) is 6.92 Å². The lowest BCUT2D eigenvalue weighted by atomic mass is 10.2. The molecule has 1 aliphatic rings. The molecule has 0 atom stereocenters. The van der Waals surface area contributed by atoms with Crippen LogP contribution in [0.3, 0.4) is 0 Å². The van der Waals surface area contributed by atoms with Crippen molar-refractivity contribution in [2.75, 3.05) is 37.7 Å². The Balaban J connectivity index is 1.53. The topological polar surface area (TPSA) is 32.8 Å². The van der Waals surface area contributed by atoms with Crippen LogP contribution in [0.15, 0.2) is 51.4 Å². The number of aryl methyl sites for hydroxylation is 1. The smallest absolute Gasteiger partial charge is 0.260 e. The van der Waals surface area contributed by atoms with Crippen molar-refractivity contribution in [2.45, 2.75) is 6.92 Å². The minimum Gasteiger partial charge on any atom is -0.482 e. The Morgan fingerprint density at radius 2 is 1.76 bits per heavy atom. The van der Waals surface area contributed by atoms with Crippen LogP contribution >= 0.6 is 31.9 Å². The number of carbonyl (C=O) groups excluding carboxylic acids is 1. The standard InChI is InChI=1S/C19H20Br2N2O2/c1-14-11-15(20)12-17(21)19(14)25-13-18(24)23-9-7-22(8-10-23)16-5-3-2-4-6-16/h2-6,11-12H,7-10,13H2,1H3. The van der Waals surface area contributed by atoms with Gasteiger partial charge >= 0.3 is 0 Å². The number of piperazine rings is 1. The summed E-state index contributed by atoms with van der Waals surface area (Å²) in [5.41, 5.74) is 2.20. The Kier molecular flexibility index (Phi) is 6.02. The lowest BCUT2D eigenvalue weighted by molar-refractivity contribution is -0.133. The molecule has 0 aliphatic carbocycles. The summed E-state index contributed by atoms with van der Waals surface area (Å²) in [7, 11) is 0. The molecule has 1 aliphatic heterocycles. The average molecular weight is 468 g/mol. The number of amides is 1. The van der Waals surface area contributed by atoms with Gasteiger partial charge in [0.15, 0.2) is 6.61 Å². The predicted octanol–water partition coefficient (Wildman–Crippen LogP) is 4.25. The third kappa shape index (κ3) is 4.55. The fraction of sp³-hybridized carbons (Fsp3) is 0.316. The normalized spacial score (nSPS) is 14.5. The van der Waals surface area contributed by atoms with E-state index >= 15 is 0 Å². The Labute approximate surface area is 165 Å². The summed E-state index contributed by atoms with van der Waals surface area (Å²) >= 11 is 6.94. The van der Waals surface area contributed by atoms with E-state index < -0.39 is 0 Å². The molecule has 132 valence electrons. The molecule has 6 heteroatoms. The van der Waals surface area contributed by atoms with Gasteiger partial charge in [-0.1, -0.05) is 34.1 Å². The summed E-state index contributed by atoms with van der Waals surface area (Å²) in [6.45, 7) is 5.16. The molecule has 0 N–H and O–H groups in total. The molecule has 0 unspecified atom stereocenters. The maximum absolute atomic E-state index is 12.5. The highest BCUT2D eigenvalue weighted by molar-refractivity contribution is 9.11. The van der Waals surface area contributed by atoms with Crippen LogP contribution in [0.4, 0.5) is 5.69 Å². The Morgan fingerprint density at radius 1 is 1.08 bits per heavy atom. The molecule has 1 heterocycles. The Morgan fingerprint density at radius 3 is 2.40 bits per heavy atom. The van der Waals surface area contributed by atoms with Gasteiger partial charge in [-0.2, -0.15) is 0 Å². The average Bonchev–Trinajstić information content (AvgIpc) is 2.61. The van der Waals surface area contributed by atoms with Gasteiger partial charge < -0.3 is 14.5 Å². The van der Waals surface area contributed by atoms with E-state index in [2.05, 4.69) is 48.9 Å². The van der Waals surface area contributed by atoms with Gasteiger partial charge in [0.1, 0.15) is 5.75 Å². The molecule has 1 fully saturated rings. The predicted molar refractivity (Wildman–Crippen MR) is 107 cm³/mol. The maximum Gasteiger partial charge on any atom is 0.260 e. The fourth-order valence-electron chi connectivity index (χ4n) is 2.95. The van der Waals surface area contributed by atoms with Crippen LogP contribution in [-0.2, 0) is 4.79 Å². The minimum atomic E-state index is 0.0296. The minimum absolute atomic E-state index is 0.0296. The van der Waals surface area contributed by atoms with Crippen LogP contribution < -0.4 is 9.64 Å². The first-order chi connectivity index (χ1) is 12.0. The second-order valence-corrected chi connectivity index (χ2v) is 7.80. The SMILES string of the molecule is Cc1cc(Br)cc(Br)c1OCC(=O)N1CCN(c2ccccc2)CC1. The Bertz CT molecular complexity index is 721. The maximum atomic E-state index is 12.5. The van der Waals surface area contributed by atoms with Crippen molar-refractivity contribution in [1.29, 1.82) is 0 Å². The van der Waals surface area contributed by atoms with E-state index in [1.165, 1.54) is 5.69 Å². The second kappa shape index (κ2) is 8.23. The molecule has 0 spiro atoms. The molecule has 2 aromatic rings. The first kappa shape index (κ1) is 18.3. The van der Waals surface area contributed by atoms with E-state index in [-0.39, 0.29) is 12.5 Å². The monoisotopic (exact) mass is 466 g/mol. The van der Waals surface area contributed by atoms with E-state index in [1.54, 1.807) is 0 Å². The van der Waals surface area contributed by atoms with Crippen molar-refractivity contribution in [3.63, 3.8) is 0 Å². The highest BCUT2D eigenvalue weighted by Gasteiger charge is 2.22. The van der Waals surface area contributed by atoms with Crippen LogP contribution in [-0.4, -0.2) is 43.6 Å². The largest absolute Gasteiger partial charge is 0.482 e. The number of para-hydroxylation sites is 1. The molecular weight excluding hydrogens is 448 g/mol. The molecule has 4 nitrogen and oxygen atoms in total. The number of halogens is 2. The van der Waals surface area contributed by atoms with Gasteiger partial charge in [-0.25, -0.2) is 0 Å². The molecule has 3 rings (SSSR count). The number of hydrogen-bond donors (Lipinski definition) is 0. The van der Waals surface area contributed by atoms with Gasteiger partial charge in [-0.05, 0) is 52.7 Å². The molecule has 1 saturated heterocycles. The van der Waals surface area contributed by atoms with E-state index in [0.717, 1.165) is 46.4 Å². The zero-order valence-electron chi connectivity index (χ0n) is 14.0. The lowest BCUT2D eigenvalue weighted by Gasteiger charge is -2.36. The van der Waals surface area contributed by atoms with Crippen LogP contribution in [0.2, 0.25) is 0 Å². The molecule has 1 amide bonds. The van der Waals surface area contributed by atoms with Crippen molar-refractivity contribution >= 4 is 43.5 Å². The second-order valence-electron chi connectivity index (χ2n) is 6.03. The third-order valence-electron chi connectivity index (χ3n) is 4.29. The van der Waals surface area contributed by atoms with Gasteiger partial charge in [0.25, 0.3) is 5.91 Å². The summed E-state index contributed by atoms with van der Waals surface area (Å²) in [5, 5.41) is 0. The third-order valence-corrected chi connectivity index (χ3v) is 5.33. The Hall–Kier alpha value is -1.53. The number of hydrogen-bond acceptors (Lipinski definition) is 3.